The standard InChI is InChI=1S/C18H27F3O2S/c1-2-3-4-5-6-8-13-16(14-17(22,23)18(19,20)21)24-15-11-9-7-10-12-15/h7,9-12,16,22-23H,2-6,8,13-14H2,1H3. The van der Waals surface area contributed by atoms with Gasteiger partial charge in [-0.25, -0.2) is 0 Å². The summed E-state index contributed by atoms with van der Waals surface area (Å²) in [5.74, 6) is -3.64. The van der Waals surface area contributed by atoms with E-state index in [0.29, 0.717) is 6.42 Å². The number of halogens is 3. The van der Waals surface area contributed by atoms with E-state index in [1.54, 1.807) is 0 Å². The molecule has 0 saturated heterocycles. The highest BCUT2D eigenvalue weighted by Crippen LogP contribution is 2.38. The van der Waals surface area contributed by atoms with Gasteiger partial charge in [0, 0.05) is 16.6 Å². The molecule has 1 atom stereocenters. The first-order valence-corrected chi connectivity index (χ1v) is 9.37. The Morgan fingerprint density at radius 2 is 1.54 bits per heavy atom. The Kier molecular flexibility index (Phi) is 9.16. The van der Waals surface area contributed by atoms with Crippen LogP contribution in [0.4, 0.5) is 13.2 Å². The van der Waals surface area contributed by atoms with Gasteiger partial charge in [0.25, 0.3) is 5.79 Å². The number of unbranched alkanes of at least 4 members (excludes halogenated alkanes) is 5. The molecule has 1 aromatic carbocycles. The third-order valence-electron chi connectivity index (χ3n) is 3.89. The Balaban J connectivity index is 2.59. The molecule has 0 heterocycles. The van der Waals surface area contributed by atoms with Crippen LogP contribution in [0, 0.1) is 0 Å². The third kappa shape index (κ3) is 7.90. The molecule has 0 saturated carbocycles. The summed E-state index contributed by atoms with van der Waals surface area (Å²) in [5.41, 5.74) is 0. The highest BCUT2D eigenvalue weighted by Gasteiger charge is 2.53. The van der Waals surface area contributed by atoms with Gasteiger partial charge in [-0.3, -0.25) is 0 Å². The molecule has 0 amide bonds. The zero-order valence-electron chi connectivity index (χ0n) is 14.1. The van der Waals surface area contributed by atoms with E-state index in [9.17, 15) is 23.4 Å². The fraction of sp³-hybridized carbons (Fsp3) is 0.667. The smallest absolute Gasteiger partial charge is 0.359 e. The normalized spacial score (nSPS) is 13.9. The molecule has 0 bridgehead atoms. The lowest BCUT2D eigenvalue weighted by Gasteiger charge is -2.28. The Labute approximate surface area is 146 Å². The van der Waals surface area contributed by atoms with Gasteiger partial charge in [-0.1, -0.05) is 63.6 Å². The maximum atomic E-state index is 12.8. The van der Waals surface area contributed by atoms with Crippen LogP contribution in [0.15, 0.2) is 35.2 Å². The average Bonchev–Trinajstić information content (AvgIpc) is 2.50. The van der Waals surface area contributed by atoms with Gasteiger partial charge in [-0.05, 0) is 18.6 Å². The van der Waals surface area contributed by atoms with Gasteiger partial charge in [0.15, 0.2) is 0 Å². The minimum Gasteiger partial charge on any atom is -0.359 e. The molecule has 138 valence electrons. The van der Waals surface area contributed by atoms with Crippen molar-refractivity contribution in [1.29, 1.82) is 0 Å². The number of thioether (sulfide) groups is 1. The first-order valence-electron chi connectivity index (χ1n) is 8.49. The topological polar surface area (TPSA) is 40.5 Å². The summed E-state index contributed by atoms with van der Waals surface area (Å²) in [6.07, 6.45) is 1.06. The molecular formula is C18H27F3O2S. The van der Waals surface area contributed by atoms with Crippen LogP contribution < -0.4 is 0 Å². The summed E-state index contributed by atoms with van der Waals surface area (Å²) < 4.78 is 38.3. The van der Waals surface area contributed by atoms with Gasteiger partial charge in [0.05, 0.1) is 0 Å². The van der Waals surface area contributed by atoms with Crippen molar-refractivity contribution in [3.8, 4) is 0 Å². The molecule has 2 nitrogen and oxygen atoms in total. The summed E-state index contributed by atoms with van der Waals surface area (Å²) in [6.45, 7) is 2.13. The molecule has 1 unspecified atom stereocenters. The van der Waals surface area contributed by atoms with E-state index >= 15 is 0 Å². The molecule has 0 aliphatic carbocycles. The number of alkyl halides is 3. The van der Waals surface area contributed by atoms with Crippen LogP contribution in [-0.4, -0.2) is 27.4 Å². The number of aliphatic hydroxyl groups is 2. The lowest BCUT2D eigenvalue weighted by molar-refractivity contribution is -0.350. The van der Waals surface area contributed by atoms with Gasteiger partial charge in [0.2, 0.25) is 0 Å². The van der Waals surface area contributed by atoms with Gasteiger partial charge < -0.3 is 10.2 Å². The number of hydrogen-bond donors (Lipinski definition) is 2. The highest BCUT2D eigenvalue weighted by molar-refractivity contribution is 8.00. The summed E-state index contributed by atoms with van der Waals surface area (Å²) in [6, 6.07) is 9.12. The fourth-order valence-corrected chi connectivity index (χ4v) is 3.78. The van der Waals surface area contributed by atoms with E-state index in [1.807, 2.05) is 30.3 Å². The second-order valence-corrected chi connectivity index (χ2v) is 7.50. The average molecular weight is 364 g/mol. The van der Waals surface area contributed by atoms with Crippen molar-refractivity contribution in [2.24, 2.45) is 0 Å². The monoisotopic (exact) mass is 364 g/mol. The molecule has 1 aromatic rings. The van der Waals surface area contributed by atoms with Crippen LogP contribution in [-0.2, 0) is 0 Å². The van der Waals surface area contributed by atoms with Gasteiger partial charge in [-0.15, -0.1) is 11.8 Å². The molecule has 0 spiro atoms. The third-order valence-corrected chi connectivity index (χ3v) is 5.17. The molecule has 0 radical (unpaired) electrons. The van der Waals surface area contributed by atoms with Gasteiger partial charge in [-0.2, -0.15) is 13.2 Å². The Hall–Kier alpha value is -0.720. The summed E-state index contributed by atoms with van der Waals surface area (Å²) in [7, 11) is 0. The van der Waals surface area contributed by atoms with Crippen LogP contribution in [0.2, 0.25) is 0 Å². The van der Waals surface area contributed by atoms with Crippen LogP contribution in [0.3, 0.4) is 0 Å². The molecule has 0 aliphatic heterocycles. The van der Waals surface area contributed by atoms with Crippen LogP contribution >= 0.6 is 11.8 Å². The molecule has 0 fully saturated rings. The second kappa shape index (κ2) is 10.3. The summed E-state index contributed by atoms with van der Waals surface area (Å²) >= 11 is 1.28. The quantitative estimate of drug-likeness (QED) is 0.308. The second-order valence-electron chi connectivity index (χ2n) is 6.13. The number of hydrogen-bond acceptors (Lipinski definition) is 3. The molecule has 0 aliphatic rings. The van der Waals surface area contributed by atoms with Crippen molar-refractivity contribution in [2.75, 3.05) is 0 Å². The van der Waals surface area contributed by atoms with E-state index in [2.05, 4.69) is 6.92 Å². The lowest BCUT2D eigenvalue weighted by atomic mass is 10.0. The molecule has 6 heteroatoms. The van der Waals surface area contributed by atoms with E-state index in [4.69, 9.17) is 0 Å². The van der Waals surface area contributed by atoms with E-state index in [0.717, 1.165) is 37.0 Å². The van der Waals surface area contributed by atoms with Gasteiger partial charge >= 0.3 is 6.18 Å². The zero-order chi connectivity index (χ0) is 18.1. The first kappa shape index (κ1) is 21.3. The van der Waals surface area contributed by atoms with Crippen molar-refractivity contribution >= 4 is 11.8 Å². The van der Waals surface area contributed by atoms with Crippen molar-refractivity contribution < 1.29 is 23.4 Å². The Morgan fingerprint density at radius 1 is 0.958 bits per heavy atom. The first-order chi connectivity index (χ1) is 11.3. The van der Waals surface area contributed by atoms with Gasteiger partial charge in [0.1, 0.15) is 0 Å². The van der Waals surface area contributed by atoms with Crippen LogP contribution in [0.1, 0.15) is 58.3 Å². The number of rotatable bonds is 11. The number of benzene rings is 1. The Morgan fingerprint density at radius 3 is 2.12 bits per heavy atom. The Bertz CT molecular complexity index is 449. The minimum absolute atomic E-state index is 0.491. The summed E-state index contributed by atoms with van der Waals surface area (Å²) in [5, 5.41) is 18.3. The fourth-order valence-electron chi connectivity index (χ4n) is 2.48. The maximum Gasteiger partial charge on any atom is 0.442 e. The van der Waals surface area contributed by atoms with Crippen molar-refractivity contribution in [1.82, 2.24) is 0 Å². The van der Waals surface area contributed by atoms with Crippen molar-refractivity contribution in [2.45, 2.75) is 80.4 Å². The van der Waals surface area contributed by atoms with Crippen molar-refractivity contribution in [3.63, 3.8) is 0 Å². The van der Waals surface area contributed by atoms with E-state index < -0.39 is 23.6 Å². The summed E-state index contributed by atoms with van der Waals surface area (Å²) in [4.78, 5) is 0.839. The molecule has 1 rings (SSSR count). The molecule has 0 aromatic heterocycles. The van der Waals surface area contributed by atoms with Crippen LogP contribution in [0.25, 0.3) is 0 Å². The minimum atomic E-state index is -5.04. The van der Waals surface area contributed by atoms with E-state index in [1.165, 1.54) is 18.2 Å². The van der Waals surface area contributed by atoms with Crippen LogP contribution in [0.5, 0.6) is 0 Å². The lowest BCUT2D eigenvalue weighted by Crippen LogP contribution is -2.47. The molecule has 2 N–H and O–H groups in total. The predicted octanol–water partition coefficient (Wildman–Crippen LogP) is 5.53. The maximum absolute atomic E-state index is 12.8. The predicted molar refractivity (Wildman–Crippen MR) is 91.9 cm³/mol. The van der Waals surface area contributed by atoms with Crippen molar-refractivity contribution in [3.05, 3.63) is 30.3 Å². The molecular weight excluding hydrogens is 337 g/mol. The largest absolute Gasteiger partial charge is 0.442 e. The SMILES string of the molecule is CCCCCCCCC(CC(O)(O)C(F)(F)F)Sc1ccccc1. The van der Waals surface area contributed by atoms with E-state index in [-0.39, 0.29) is 0 Å². The zero-order valence-corrected chi connectivity index (χ0v) is 14.9. The molecule has 24 heavy (non-hydrogen) atoms. The highest BCUT2D eigenvalue weighted by atomic mass is 32.2.